The summed E-state index contributed by atoms with van der Waals surface area (Å²) in [6.45, 7) is 6.06. The molecule has 0 bridgehead atoms. The van der Waals surface area contributed by atoms with Crippen LogP contribution in [0.2, 0.25) is 0 Å². The first-order valence-electron chi connectivity index (χ1n) is 8.92. The van der Waals surface area contributed by atoms with E-state index in [2.05, 4.69) is 20.7 Å². The molecule has 5 nitrogen and oxygen atoms in total. The Hall–Kier alpha value is -1.77. The molecule has 1 N–H and O–H groups in total. The van der Waals surface area contributed by atoms with E-state index in [-0.39, 0.29) is 36.1 Å². The van der Waals surface area contributed by atoms with Gasteiger partial charge < -0.3 is 4.90 Å². The van der Waals surface area contributed by atoms with Gasteiger partial charge in [-0.25, -0.2) is 17.5 Å². The number of benzene rings is 2. The third-order valence-corrected chi connectivity index (χ3v) is 6.47. The Bertz CT molecular complexity index is 964. The number of aryl methyl sites for hydroxylation is 2. The quantitative estimate of drug-likeness (QED) is 0.635. The fourth-order valence-corrected chi connectivity index (χ4v) is 4.19. The average molecular weight is 471 g/mol. The smallest absolute Gasteiger partial charge is 0.240 e. The highest BCUT2D eigenvalue weighted by molar-refractivity contribution is 9.10. The second-order valence-electron chi connectivity index (χ2n) is 6.54. The van der Waals surface area contributed by atoms with E-state index in [0.29, 0.717) is 12.1 Å². The molecule has 0 spiro atoms. The highest BCUT2D eigenvalue weighted by atomic mass is 79.9. The summed E-state index contributed by atoms with van der Waals surface area (Å²) in [4.78, 5) is 14.1. The van der Waals surface area contributed by atoms with Gasteiger partial charge in [-0.1, -0.05) is 22.0 Å². The van der Waals surface area contributed by atoms with Crippen LogP contribution in [0.5, 0.6) is 0 Å². The van der Waals surface area contributed by atoms with Crippen molar-refractivity contribution < 1.29 is 17.6 Å². The van der Waals surface area contributed by atoms with E-state index in [1.807, 2.05) is 13.8 Å². The summed E-state index contributed by atoms with van der Waals surface area (Å²) in [5.41, 5.74) is 2.29. The Morgan fingerprint density at radius 2 is 1.86 bits per heavy atom. The van der Waals surface area contributed by atoms with Crippen LogP contribution in [0.3, 0.4) is 0 Å². The molecule has 0 aliphatic carbocycles. The lowest BCUT2D eigenvalue weighted by Crippen LogP contribution is -2.34. The topological polar surface area (TPSA) is 66.5 Å². The van der Waals surface area contributed by atoms with Crippen LogP contribution in [-0.4, -0.2) is 32.3 Å². The Balaban J connectivity index is 1.97. The Morgan fingerprint density at radius 1 is 1.14 bits per heavy atom. The van der Waals surface area contributed by atoms with Gasteiger partial charge in [0.15, 0.2) is 0 Å². The van der Waals surface area contributed by atoms with Crippen molar-refractivity contribution in [2.75, 3.05) is 13.1 Å². The largest absolute Gasteiger partial charge is 0.338 e. The molecule has 0 radical (unpaired) electrons. The lowest BCUT2D eigenvalue weighted by Gasteiger charge is -2.21. The van der Waals surface area contributed by atoms with Crippen LogP contribution in [0.1, 0.15) is 30.0 Å². The van der Waals surface area contributed by atoms with Crippen LogP contribution < -0.4 is 4.72 Å². The molecule has 0 atom stereocenters. The van der Waals surface area contributed by atoms with Gasteiger partial charge in [0.05, 0.1) is 4.90 Å². The number of hydrogen-bond donors (Lipinski definition) is 1. The van der Waals surface area contributed by atoms with Crippen LogP contribution in [-0.2, 0) is 21.4 Å². The minimum atomic E-state index is -3.69. The van der Waals surface area contributed by atoms with Gasteiger partial charge in [0.2, 0.25) is 15.9 Å². The second-order valence-corrected chi connectivity index (χ2v) is 9.22. The number of halogens is 2. The number of nitrogens with one attached hydrogen (secondary N) is 1. The summed E-state index contributed by atoms with van der Waals surface area (Å²) in [6, 6.07) is 9.47. The van der Waals surface area contributed by atoms with E-state index in [1.54, 1.807) is 37.3 Å². The summed E-state index contributed by atoms with van der Waals surface area (Å²) in [5, 5.41) is 0. The van der Waals surface area contributed by atoms with Crippen molar-refractivity contribution in [1.82, 2.24) is 9.62 Å². The number of hydrogen-bond acceptors (Lipinski definition) is 3. The zero-order valence-electron chi connectivity index (χ0n) is 16.1. The van der Waals surface area contributed by atoms with Crippen LogP contribution in [0, 0.1) is 19.7 Å². The molecule has 0 heterocycles. The first-order valence-corrected chi connectivity index (χ1v) is 11.2. The number of nitrogens with zero attached hydrogens (tertiary/aromatic N) is 1. The molecule has 0 saturated carbocycles. The van der Waals surface area contributed by atoms with E-state index >= 15 is 0 Å². The van der Waals surface area contributed by atoms with Crippen molar-refractivity contribution >= 4 is 31.9 Å². The first-order chi connectivity index (χ1) is 13.1. The molecule has 152 valence electrons. The van der Waals surface area contributed by atoms with Crippen molar-refractivity contribution in [2.45, 2.75) is 38.6 Å². The zero-order chi connectivity index (χ0) is 20.9. The SMILES string of the molecule is CCN(Cc1cc(Br)ccc1F)C(=O)CCNS(=O)(=O)c1ccc(C)c(C)c1. The Labute approximate surface area is 174 Å². The van der Waals surface area contributed by atoms with Crippen molar-refractivity contribution in [3.63, 3.8) is 0 Å². The predicted molar refractivity (Wildman–Crippen MR) is 111 cm³/mol. The summed E-state index contributed by atoms with van der Waals surface area (Å²) >= 11 is 3.29. The summed E-state index contributed by atoms with van der Waals surface area (Å²) in [5.74, 6) is -0.630. The number of rotatable bonds is 8. The third kappa shape index (κ3) is 5.86. The molecule has 2 aromatic rings. The first kappa shape index (κ1) is 22.5. The van der Waals surface area contributed by atoms with Gasteiger partial charge in [-0.2, -0.15) is 0 Å². The molecule has 8 heteroatoms. The molecule has 28 heavy (non-hydrogen) atoms. The maximum absolute atomic E-state index is 13.9. The normalized spacial score (nSPS) is 11.5. The maximum atomic E-state index is 13.9. The van der Waals surface area contributed by atoms with Gasteiger partial charge >= 0.3 is 0 Å². The number of sulfonamides is 1. The van der Waals surface area contributed by atoms with Crippen LogP contribution >= 0.6 is 15.9 Å². The average Bonchev–Trinajstić information content (AvgIpc) is 2.64. The minimum absolute atomic E-state index is 0.00641. The lowest BCUT2D eigenvalue weighted by molar-refractivity contribution is -0.131. The van der Waals surface area contributed by atoms with E-state index in [4.69, 9.17) is 0 Å². The van der Waals surface area contributed by atoms with Crippen molar-refractivity contribution in [3.05, 3.63) is 63.4 Å². The summed E-state index contributed by atoms with van der Waals surface area (Å²) < 4.78 is 41.9. The molecular formula is C20H24BrFN2O3S. The Kier molecular flexibility index (Phi) is 7.74. The van der Waals surface area contributed by atoms with Gasteiger partial charge in [-0.15, -0.1) is 0 Å². The third-order valence-electron chi connectivity index (χ3n) is 4.52. The molecule has 2 rings (SSSR count). The van der Waals surface area contributed by atoms with E-state index in [1.165, 1.54) is 11.0 Å². The lowest BCUT2D eigenvalue weighted by atomic mass is 10.1. The van der Waals surface area contributed by atoms with Crippen LogP contribution in [0.15, 0.2) is 45.8 Å². The standard InChI is InChI=1S/C20H24BrFN2O3S/c1-4-24(13-16-12-17(21)6-8-19(16)22)20(25)9-10-23-28(26,27)18-7-5-14(2)15(3)11-18/h5-8,11-12,23H,4,9-10,13H2,1-3H3. The molecule has 0 fully saturated rings. The fraction of sp³-hybridized carbons (Fsp3) is 0.350. The monoisotopic (exact) mass is 470 g/mol. The molecule has 0 unspecified atom stereocenters. The van der Waals surface area contributed by atoms with Gasteiger partial charge in [0, 0.05) is 36.1 Å². The molecular weight excluding hydrogens is 447 g/mol. The molecule has 0 aliphatic heterocycles. The molecule has 0 aromatic heterocycles. The Morgan fingerprint density at radius 3 is 2.50 bits per heavy atom. The highest BCUT2D eigenvalue weighted by Crippen LogP contribution is 2.18. The highest BCUT2D eigenvalue weighted by Gasteiger charge is 2.18. The van der Waals surface area contributed by atoms with E-state index in [0.717, 1.165) is 15.6 Å². The van der Waals surface area contributed by atoms with Gasteiger partial charge in [-0.05, 0) is 62.2 Å². The van der Waals surface area contributed by atoms with Crippen molar-refractivity contribution in [3.8, 4) is 0 Å². The minimum Gasteiger partial charge on any atom is -0.338 e. The molecule has 1 amide bonds. The van der Waals surface area contributed by atoms with Crippen LogP contribution in [0.25, 0.3) is 0 Å². The fourth-order valence-electron chi connectivity index (χ4n) is 2.66. The van der Waals surface area contributed by atoms with E-state index in [9.17, 15) is 17.6 Å². The van der Waals surface area contributed by atoms with Gasteiger partial charge in [0.25, 0.3) is 0 Å². The molecule has 2 aromatic carbocycles. The molecule has 0 aliphatic rings. The predicted octanol–water partition coefficient (Wildman–Crippen LogP) is 3.92. The zero-order valence-corrected chi connectivity index (χ0v) is 18.5. The van der Waals surface area contributed by atoms with Gasteiger partial charge in [0.1, 0.15) is 5.82 Å². The van der Waals surface area contributed by atoms with E-state index < -0.39 is 10.0 Å². The number of amides is 1. The maximum Gasteiger partial charge on any atom is 0.240 e. The van der Waals surface area contributed by atoms with Crippen molar-refractivity contribution in [2.24, 2.45) is 0 Å². The summed E-state index contributed by atoms with van der Waals surface area (Å²) in [6.07, 6.45) is -0.00641. The van der Waals surface area contributed by atoms with Gasteiger partial charge in [-0.3, -0.25) is 4.79 Å². The number of carbonyl (C=O) groups excluding carboxylic acids is 1. The van der Waals surface area contributed by atoms with Crippen molar-refractivity contribution in [1.29, 1.82) is 0 Å². The summed E-state index contributed by atoms with van der Waals surface area (Å²) in [7, 11) is -3.69. The second kappa shape index (κ2) is 9.62. The van der Waals surface area contributed by atoms with Crippen LogP contribution in [0.4, 0.5) is 4.39 Å². The molecule has 0 saturated heterocycles. The number of carbonyl (C=O) groups is 1.